The maximum Gasteiger partial charge on any atom is 0.422 e. The molecule has 3 aromatic carbocycles. The van der Waals surface area contributed by atoms with Gasteiger partial charge in [-0.25, -0.2) is 4.68 Å². The Morgan fingerprint density at radius 2 is 1.52 bits per heavy atom. The predicted octanol–water partition coefficient (Wildman–Crippen LogP) is 6.87. The highest BCUT2D eigenvalue weighted by Gasteiger charge is 2.55. The van der Waals surface area contributed by atoms with E-state index in [1.165, 1.54) is 18.3 Å². The minimum atomic E-state index is -4.84. The molecule has 0 aliphatic carbocycles. The van der Waals surface area contributed by atoms with Crippen LogP contribution in [-0.2, 0) is 11.0 Å². The second kappa shape index (κ2) is 8.54. The Balaban J connectivity index is 1.64. The van der Waals surface area contributed by atoms with Crippen molar-refractivity contribution in [3.8, 4) is 5.69 Å². The van der Waals surface area contributed by atoms with Crippen LogP contribution in [0.25, 0.3) is 16.6 Å². The number of aliphatic hydroxyl groups is 1. The molecule has 172 valence electrons. The fourth-order valence-corrected chi connectivity index (χ4v) is 4.67. The van der Waals surface area contributed by atoms with Gasteiger partial charge in [0.05, 0.1) is 17.4 Å². The number of benzene rings is 3. The van der Waals surface area contributed by atoms with Crippen LogP contribution in [0, 0.1) is 0 Å². The molecule has 4 aromatic rings. The molecule has 0 fully saturated rings. The van der Waals surface area contributed by atoms with Gasteiger partial charge in [-0.1, -0.05) is 57.2 Å². The highest BCUT2D eigenvalue weighted by molar-refractivity contribution is 7.99. The van der Waals surface area contributed by atoms with Gasteiger partial charge in [-0.05, 0) is 52.9 Å². The first-order valence-electron chi connectivity index (χ1n) is 10.6. The van der Waals surface area contributed by atoms with E-state index in [0.29, 0.717) is 15.8 Å². The lowest BCUT2D eigenvalue weighted by Crippen LogP contribution is -2.44. The molecule has 0 saturated carbocycles. The summed E-state index contributed by atoms with van der Waals surface area (Å²) in [6, 6.07) is 21.1. The third kappa shape index (κ3) is 4.66. The highest BCUT2D eigenvalue weighted by atomic mass is 32.2. The Bertz CT molecular complexity index is 1240. The molecule has 4 rings (SSSR count). The maximum atomic E-state index is 14.1. The maximum absolute atomic E-state index is 14.1. The number of thioether (sulfide) groups is 1. The average Bonchev–Trinajstić information content (AvgIpc) is 3.20. The molecule has 0 aliphatic rings. The SMILES string of the molecule is CC(C)(C)c1ccc(SCC(O)(c2ccc3c(cnn3-c3ccccc3)c2)C(F)(F)F)cc1. The minimum absolute atomic E-state index is 0.0461. The van der Waals surface area contributed by atoms with Gasteiger partial charge in [0.15, 0.2) is 5.60 Å². The molecule has 3 nitrogen and oxygen atoms in total. The molecular formula is C26H25F3N2OS. The van der Waals surface area contributed by atoms with Crippen molar-refractivity contribution >= 4 is 22.7 Å². The van der Waals surface area contributed by atoms with Crippen molar-refractivity contribution in [1.82, 2.24) is 9.78 Å². The fourth-order valence-electron chi connectivity index (χ4n) is 3.63. The highest BCUT2D eigenvalue weighted by Crippen LogP contribution is 2.43. The van der Waals surface area contributed by atoms with Gasteiger partial charge in [0, 0.05) is 16.0 Å². The van der Waals surface area contributed by atoms with E-state index in [1.54, 1.807) is 22.9 Å². The third-order valence-corrected chi connectivity index (χ3v) is 6.85. The number of nitrogens with zero attached hydrogens (tertiary/aromatic N) is 2. The number of halogens is 3. The van der Waals surface area contributed by atoms with E-state index in [1.807, 2.05) is 42.5 Å². The van der Waals surface area contributed by atoms with E-state index >= 15 is 0 Å². The molecule has 1 unspecified atom stereocenters. The fraction of sp³-hybridized carbons (Fsp3) is 0.269. The summed E-state index contributed by atoms with van der Waals surface area (Å²) in [7, 11) is 0. The minimum Gasteiger partial charge on any atom is -0.376 e. The van der Waals surface area contributed by atoms with Crippen LogP contribution in [0.2, 0.25) is 0 Å². The summed E-state index contributed by atoms with van der Waals surface area (Å²) in [4.78, 5) is 0.670. The van der Waals surface area contributed by atoms with Crippen molar-refractivity contribution in [2.24, 2.45) is 0 Å². The van der Waals surface area contributed by atoms with Crippen LogP contribution in [-0.4, -0.2) is 26.8 Å². The first kappa shape index (κ1) is 23.4. The van der Waals surface area contributed by atoms with Gasteiger partial charge in [-0.2, -0.15) is 18.3 Å². The molecule has 0 amide bonds. The molecule has 7 heteroatoms. The summed E-state index contributed by atoms with van der Waals surface area (Å²) in [5.74, 6) is -0.552. The zero-order valence-electron chi connectivity index (χ0n) is 18.6. The lowest BCUT2D eigenvalue weighted by molar-refractivity contribution is -0.256. The second-order valence-corrected chi connectivity index (χ2v) is 10.1. The van der Waals surface area contributed by atoms with Crippen molar-refractivity contribution in [2.45, 2.75) is 42.9 Å². The lowest BCUT2D eigenvalue weighted by atomic mass is 9.87. The Morgan fingerprint density at radius 1 is 0.879 bits per heavy atom. The summed E-state index contributed by atoms with van der Waals surface area (Å²) in [5.41, 5.74) is -0.674. The molecule has 0 bridgehead atoms. The van der Waals surface area contributed by atoms with Gasteiger partial charge in [0.2, 0.25) is 0 Å². The smallest absolute Gasteiger partial charge is 0.376 e. The number of hydrogen-bond acceptors (Lipinski definition) is 3. The molecule has 1 N–H and O–H groups in total. The molecule has 1 atom stereocenters. The molecule has 33 heavy (non-hydrogen) atoms. The molecule has 0 aliphatic heterocycles. The molecule has 1 aromatic heterocycles. The van der Waals surface area contributed by atoms with Gasteiger partial charge in [-0.3, -0.25) is 0 Å². The van der Waals surface area contributed by atoms with E-state index in [-0.39, 0.29) is 11.0 Å². The van der Waals surface area contributed by atoms with Crippen LogP contribution in [0.3, 0.4) is 0 Å². The van der Waals surface area contributed by atoms with E-state index in [9.17, 15) is 18.3 Å². The standard InChI is InChI=1S/C26H25F3N2OS/c1-24(2,3)19-9-12-22(13-10-19)33-17-25(32,26(27,28)29)20-11-14-23-18(15-20)16-30-31(23)21-7-5-4-6-8-21/h4-16,32H,17H2,1-3H3. The van der Waals surface area contributed by atoms with E-state index in [4.69, 9.17) is 0 Å². The first-order valence-corrected chi connectivity index (χ1v) is 11.5. The Hall–Kier alpha value is -2.77. The van der Waals surface area contributed by atoms with Gasteiger partial charge >= 0.3 is 6.18 Å². The topological polar surface area (TPSA) is 38.1 Å². The van der Waals surface area contributed by atoms with Crippen LogP contribution < -0.4 is 0 Å². The predicted molar refractivity (Wildman–Crippen MR) is 127 cm³/mol. The third-order valence-electron chi connectivity index (χ3n) is 5.68. The van der Waals surface area contributed by atoms with Crippen LogP contribution >= 0.6 is 11.8 Å². The summed E-state index contributed by atoms with van der Waals surface area (Å²) in [5, 5.41) is 15.7. The Labute approximate surface area is 195 Å². The van der Waals surface area contributed by atoms with Gasteiger partial charge in [0.1, 0.15) is 0 Å². The van der Waals surface area contributed by atoms with E-state index in [2.05, 4.69) is 25.9 Å². The number of para-hydroxylation sites is 1. The molecule has 1 heterocycles. The summed E-state index contributed by atoms with van der Waals surface area (Å²) in [6.07, 6.45) is -3.32. The number of fused-ring (bicyclic) bond motifs is 1. The molecule has 0 saturated heterocycles. The van der Waals surface area contributed by atoms with E-state index in [0.717, 1.165) is 23.0 Å². The molecule has 0 radical (unpaired) electrons. The number of aromatic nitrogens is 2. The number of alkyl halides is 3. The molecular weight excluding hydrogens is 445 g/mol. The number of rotatable bonds is 5. The zero-order chi connectivity index (χ0) is 23.9. The molecule has 0 spiro atoms. The lowest BCUT2D eigenvalue weighted by Gasteiger charge is -2.31. The van der Waals surface area contributed by atoms with Crippen LogP contribution in [0.1, 0.15) is 31.9 Å². The second-order valence-electron chi connectivity index (χ2n) is 9.09. The Kier molecular flexibility index (Phi) is 6.05. The average molecular weight is 471 g/mol. The van der Waals surface area contributed by atoms with Crippen molar-refractivity contribution < 1.29 is 18.3 Å². The largest absolute Gasteiger partial charge is 0.422 e. The quantitative estimate of drug-likeness (QED) is 0.324. The van der Waals surface area contributed by atoms with Gasteiger partial charge < -0.3 is 5.11 Å². The Morgan fingerprint density at radius 3 is 2.12 bits per heavy atom. The first-order chi connectivity index (χ1) is 15.5. The zero-order valence-corrected chi connectivity index (χ0v) is 19.4. The van der Waals surface area contributed by atoms with Gasteiger partial charge in [-0.15, -0.1) is 11.8 Å². The monoisotopic (exact) mass is 470 g/mol. The van der Waals surface area contributed by atoms with E-state index < -0.39 is 17.5 Å². The summed E-state index contributed by atoms with van der Waals surface area (Å²) < 4.78 is 44.0. The van der Waals surface area contributed by atoms with Crippen LogP contribution in [0.15, 0.2) is 83.9 Å². The summed E-state index contributed by atoms with van der Waals surface area (Å²) >= 11 is 0.985. The van der Waals surface area contributed by atoms with Crippen molar-refractivity contribution in [2.75, 3.05) is 5.75 Å². The summed E-state index contributed by atoms with van der Waals surface area (Å²) in [6.45, 7) is 6.23. The van der Waals surface area contributed by atoms with Crippen LogP contribution in [0.4, 0.5) is 13.2 Å². The number of hydrogen-bond donors (Lipinski definition) is 1. The van der Waals surface area contributed by atoms with Crippen molar-refractivity contribution in [3.63, 3.8) is 0 Å². The van der Waals surface area contributed by atoms with Crippen LogP contribution in [0.5, 0.6) is 0 Å². The van der Waals surface area contributed by atoms with Crippen molar-refractivity contribution in [1.29, 1.82) is 0 Å². The van der Waals surface area contributed by atoms with Crippen molar-refractivity contribution in [3.05, 3.63) is 90.1 Å². The van der Waals surface area contributed by atoms with Gasteiger partial charge in [0.25, 0.3) is 0 Å². The normalized spacial score (nSPS) is 14.4.